The van der Waals surface area contributed by atoms with Gasteiger partial charge in [-0.2, -0.15) is 0 Å². The predicted octanol–water partition coefficient (Wildman–Crippen LogP) is 5.18. The number of hydrogen-bond donors (Lipinski definition) is 0. The van der Waals surface area contributed by atoms with Crippen molar-refractivity contribution in [2.45, 2.75) is 0 Å². The van der Waals surface area contributed by atoms with Crippen LogP contribution in [0.3, 0.4) is 0 Å². The molecule has 0 atom stereocenters. The maximum absolute atomic E-state index is 11.8. The zero-order valence-corrected chi connectivity index (χ0v) is 21.2. The summed E-state index contributed by atoms with van der Waals surface area (Å²) in [6, 6.07) is 0.880. The Morgan fingerprint density at radius 2 is 0.739 bits per heavy atom. The fourth-order valence-corrected chi connectivity index (χ4v) is 3.30. The quantitative estimate of drug-likeness (QED) is 0.139. The highest BCUT2D eigenvalue weighted by atomic mass is 16.7. The number of nitrogens with zero attached hydrogens (tertiary/aromatic N) is 13. The van der Waals surface area contributed by atoms with Gasteiger partial charge < -0.3 is 0 Å². The molecule has 0 aliphatic carbocycles. The van der Waals surface area contributed by atoms with Crippen LogP contribution in [-0.2, 0) is 0 Å². The Morgan fingerprint density at radius 1 is 0.413 bits per heavy atom. The van der Waals surface area contributed by atoms with Gasteiger partial charge in [0.1, 0.15) is 6.20 Å². The van der Waals surface area contributed by atoms with Crippen molar-refractivity contribution in [3.63, 3.8) is 0 Å². The van der Waals surface area contributed by atoms with E-state index < -0.39 is 108 Å². The van der Waals surface area contributed by atoms with Gasteiger partial charge in [-0.05, 0) is 0 Å². The Balaban J connectivity index is 2.42. The van der Waals surface area contributed by atoms with Gasteiger partial charge in [-0.3, -0.25) is 80.9 Å². The minimum absolute atomic E-state index is 0.181. The summed E-state index contributed by atoms with van der Waals surface area (Å²) in [5, 5.41) is 104. The molecule has 2 aromatic carbocycles. The summed E-state index contributed by atoms with van der Waals surface area (Å²) < 4.78 is 0. The zero-order chi connectivity index (χ0) is 34.6. The Bertz CT molecular complexity index is 1920. The normalized spacial score (nSPS) is 11.0. The van der Waals surface area contributed by atoms with Crippen molar-refractivity contribution >= 4 is 68.4 Å². The lowest BCUT2D eigenvalue weighted by Gasteiger charge is -2.03. The number of rotatable bonds is 12. The average Bonchev–Trinajstić information content (AvgIpc) is 2.97. The van der Waals surface area contributed by atoms with Crippen LogP contribution in [0.15, 0.2) is 50.9 Å². The molecule has 29 nitrogen and oxygen atoms in total. The second-order valence-electron chi connectivity index (χ2n) is 7.79. The molecule has 0 radical (unpaired) electrons. The first-order valence-corrected chi connectivity index (χ1v) is 10.8. The van der Waals surface area contributed by atoms with Crippen molar-refractivity contribution in [1.29, 1.82) is 0 Å². The lowest BCUT2D eigenvalue weighted by Crippen LogP contribution is -1.99. The number of pyridine rings is 1. The lowest BCUT2D eigenvalue weighted by atomic mass is 10.2. The summed E-state index contributed by atoms with van der Waals surface area (Å²) in [5.74, 6) is -1.25. The average molecular weight is 647 g/mol. The molecule has 29 heteroatoms. The molecule has 0 unspecified atom stereocenters. The second-order valence-corrected chi connectivity index (χ2v) is 7.79. The second kappa shape index (κ2) is 12.5. The Hall–Kier alpha value is -8.01. The Labute approximate surface area is 245 Å². The van der Waals surface area contributed by atoms with Gasteiger partial charge in [-0.1, -0.05) is 0 Å². The molecule has 3 rings (SSSR count). The van der Waals surface area contributed by atoms with Gasteiger partial charge in [0.2, 0.25) is 22.9 Å². The van der Waals surface area contributed by atoms with Gasteiger partial charge >= 0.3 is 34.1 Å². The molecule has 1 aromatic heterocycles. The van der Waals surface area contributed by atoms with Gasteiger partial charge in [0, 0.05) is 0 Å². The molecule has 0 saturated carbocycles. The molecule has 0 N–H and O–H groups in total. The molecule has 0 saturated heterocycles. The van der Waals surface area contributed by atoms with Crippen molar-refractivity contribution in [3.05, 3.63) is 111 Å². The maximum atomic E-state index is 11.8. The number of non-ortho nitro benzene ring substituents is 2. The summed E-state index contributed by atoms with van der Waals surface area (Å²) in [6.07, 6.45) is 0.181. The fraction of sp³-hybridized carbons (Fsp3) is 0. The monoisotopic (exact) mass is 647 g/mol. The molecular weight excluding hydrogens is 642 g/mol. The summed E-state index contributed by atoms with van der Waals surface area (Å²) in [6.45, 7) is 0. The van der Waals surface area contributed by atoms with Crippen molar-refractivity contribution in [1.82, 2.24) is 4.98 Å². The molecule has 0 aliphatic heterocycles. The number of benzene rings is 2. The third-order valence-electron chi connectivity index (χ3n) is 5.18. The smallest absolute Gasteiger partial charge is 0.258 e. The molecule has 234 valence electrons. The molecule has 0 amide bonds. The van der Waals surface area contributed by atoms with E-state index in [0.717, 1.165) is 0 Å². The van der Waals surface area contributed by atoms with E-state index in [-0.39, 0.29) is 30.5 Å². The van der Waals surface area contributed by atoms with Crippen molar-refractivity contribution < 1.29 is 39.4 Å². The van der Waals surface area contributed by atoms with Crippen LogP contribution in [0.5, 0.6) is 0 Å². The first-order chi connectivity index (χ1) is 21.5. The molecule has 0 spiro atoms. The summed E-state index contributed by atoms with van der Waals surface area (Å²) in [5.41, 5.74) is -15.2. The van der Waals surface area contributed by atoms with Gasteiger partial charge in [0.15, 0.2) is 0 Å². The molecule has 0 bridgehead atoms. The lowest BCUT2D eigenvalue weighted by molar-refractivity contribution is -0.422. The fourth-order valence-electron chi connectivity index (χ4n) is 3.30. The van der Waals surface area contributed by atoms with Gasteiger partial charge in [-0.25, -0.2) is 4.98 Å². The minimum Gasteiger partial charge on any atom is -0.258 e. The number of aromatic nitrogens is 1. The van der Waals surface area contributed by atoms with Crippen molar-refractivity contribution in [3.8, 4) is 0 Å². The molecule has 46 heavy (non-hydrogen) atoms. The van der Waals surface area contributed by atoms with Crippen LogP contribution >= 0.6 is 0 Å². The SMILES string of the molecule is O=[N+]([O-])c1cc([N+](=O)[O-])c(/N=N/c2ncc([N+](=O)[O-])c([N+](=O)[O-])c2/N=N/c2c([N+](=O)[O-])cc([N+](=O)[O-])cc2[N+](=O)[O-])c([N+](=O)[O-])c1. The highest BCUT2D eigenvalue weighted by molar-refractivity contribution is 5.79. The van der Waals surface area contributed by atoms with Crippen LogP contribution in [-0.4, -0.2) is 44.4 Å². The van der Waals surface area contributed by atoms with Crippen LogP contribution in [0.2, 0.25) is 0 Å². The molecular formula is C17H5N13O16. The first kappa shape index (κ1) is 32.5. The minimum atomic E-state index is -1.64. The van der Waals surface area contributed by atoms with Crippen LogP contribution < -0.4 is 0 Å². The topological polar surface area (TPSA) is 407 Å². The predicted molar refractivity (Wildman–Crippen MR) is 139 cm³/mol. The third-order valence-corrected chi connectivity index (χ3v) is 5.18. The molecule has 0 fully saturated rings. The van der Waals surface area contributed by atoms with Crippen LogP contribution in [0.4, 0.5) is 68.4 Å². The number of hydrogen-bond acceptors (Lipinski definition) is 21. The van der Waals surface area contributed by atoms with Gasteiger partial charge in [0.05, 0.1) is 63.7 Å². The van der Waals surface area contributed by atoms with E-state index in [9.17, 15) is 80.9 Å². The largest absolute Gasteiger partial charge is 0.378 e. The summed E-state index contributed by atoms with van der Waals surface area (Å²) >= 11 is 0. The van der Waals surface area contributed by atoms with E-state index in [1.165, 1.54) is 0 Å². The van der Waals surface area contributed by atoms with Crippen LogP contribution in [0.1, 0.15) is 0 Å². The van der Waals surface area contributed by atoms with E-state index in [2.05, 4.69) is 25.4 Å². The third kappa shape index (κ3) is 6.40. The Morgan fingerprint density at radius 3 is 1.04 bits per heavy atom. The van der Waals surface area contributed by atoms with E-state index in [4.69, 9.17) is 0 Å². The Kier molecular flexibility index (Phi) is 8.81. The number of nitro benzene ring substituents is 6. The van der Waals surface area contributed by atoms with Crippen LogP contribution in [0, 0.1) is 80.9 Å². The molecule has 1 heterocycles. The van der Waals surface area contributed by atoms with Gasteiger partial charge in [-0.15, -0.1) is 20.5 Å². The molecule has 3 aromatic rings. The summed E-state index contributed by atoms with van der Waals surface area (Å²) in [4.78, 5) is 84.0. The van der Waals surface area contributed by atoms with Crippen molar-refractivity contribution in [2.24, 2.45) is 20.5 Å². The summed E-state index contributed by atoms with van der Waals surface area (Å²) in [7, 11) is 0. The highest BCUT2D eigenvalue weighted by Crippen LogP contribution is 2.47. The number of azo groups is 2. The zero-order valence-electron chi connectivity index (χ0n) is 21.2. The van der Waals surface area contributed by atoms with Gasteiger partial charge in [0.25, 0.3) is 11.4 Å². The van der Waals surface area contributed by atoms with Crippen molar-refractivity contribution in [2.75, 3.05) is 0 Å². The van der Waals surface area contributed by atoms with E-state index in [0.29, 0.717) is 0 Å². The number of nitro groups is 8. The van der Waals surface area contributed by atoms with E-state index in [1.54, 1.807) is 0 Å². The highest BCUT2D eigenvalue weighted by Gasteiger charge is 2.36. The van der Waals surface area contributed by atoms with Crippen LogP contribution in [0.25, 0.3) is 0 Å². The first-order valence-electron chi connectivity index (χ1n) is 10.8. The van der Waals surface area contributed by atoms with E-state index in [1.807, 2.05) is 0 Å². The molecule has 0 aliphatic rings. The van der Waals surface area contributed by atoms with E-state index >= 15 is 0 Å². The maximum Gasteiger partial charge on any atom is 0.378 e. The standard InChI is InChI=1S/C17H5N13O16/c31-23(32)6-1-8(25(35)36)13(9(2-6)26(37)38)19-21-15-16(30(45)46)12(29(43)44)5-18-17(15)22-20-14-10(27(39)40)3-7(24(33)34)4-11(14)28(41)42/h1-5H/b21-19+,22-20+.